The van der Waals surface area contributed by atoms with Crippen molar-refractivity contribution in [1.82, 2.24) is 9.78 Å². The molecule has 1 aliphatic rings. The van der Waals surface area contributed by atoms with Gasteiger partial charge < -0.3 is 15.2 Å². The van der Waals surface area contributed by atoms with Crippen LogP contribution in [0, 0.1) is 0 Å². The Morgan fingerprint density at radius 3 is 2.57 bits per heavy atom. The molecule has 0 radical (unpaired) electrons. The molecule has 1 aromatic heterocycles. The lowest BCUT2D eigenvalue weighted by Crippen LogP contribution is -2.24. The molecule has 6 heteroatoms. The Kier molecular flexibility index (Phi) is 3.68. The number of hydrogen-bond donors (Lipinski definition) is 1. The van der Waals surface area contributed by atoms with Gasteiger partial charge in [-0.1, -0.05) is 11.6 Å². The maximum absolute atomic E-state index is 6.34. The van der Waals surface area contributed by atoms with Crippen LogP contribution in [-0.4, -0.2) is 23.0 Å². The molecule has 5 nitrogen and oxygen atoms in total. The van der Waals surface area contributed by atoms with Gasteiger partial charge in [0, 0.05) is 24.7 Å². The van der Waals surface area contributed by atoms with Crippen LogP contribution in [0.4, 0.5) is 5.82 Å². The zero-order valence-electron chi connectivity index (χ0n) is 12.1. The summed E-state index contributed by atoms with van der Waals surface area (Å²) < 4.78 is 12.9. The van der Waals surface area contributed by atoms with Crippen LogP contribution in [0.5, 0.6) is 11.5 Å². The number of nitrogens with zero attached hydrogens (tertiary/aromatic N) is 2. The van der Waals surface area contributed by atoms with Crippen molar-refractivity contribution in [3.63, 3.8) is 0 Å². The van der Waals surface area contributed by atoms with E-state index in [9.17, 15) is 0 Å². The maximum atomic E-state index is 6.34. The van der Waals surface area contributed by atoms with Gasteiger partial charge in [0.05, 0.1) is 23.9 Å². The summed E-state index contributed by atoms with van der Waals surface area (Å²) in [4.78, 5) is 0. The predicted octanol–water partition coefficient (Wildman–Crippen LogP) is 3.26. The lowest BCUT2D eigenvalue weighted by atomic mass is 9.96. The van der Waals surface area contributed by atoms with E-state index in [0.29, 0.717) is 22.3 Å². The lowest BCUT2D eigenvalue weighted by Gasteiger charge is -2.27. The fraction of sp³-hybridized carbons (Fsp3) is 0.400. The normalized spacial score (nSPS) is 14.8. The molecular formula is C15H18ClN3O2. The highest BCUT2D eigenvalue weighted by Gasteiger charge is 2.22. The summed E-state index contributed by atoms with van der Waals surface area (Å²) in [6.07, 6.45) is 3.64. The average molecular weight is 308 g/mol. The highest BCUT2D eigenvalue weighted by molar-refractivity contribution is 6.33. The molecule has 0 amide bonds. The first-order chi connectivity index (χ1) is 10.1. The molecule has 1 saturated carbocycles. The number of aromatic nitrogens is 2. The minimum Gasteiger partial charge on any atom is -0.493 e. The van der Waals surface area contributed by atoms with Gasteiger partial charge in [-0.05, 0) is 25.3 Å². The van der Waals surface area contributed by atoms with Crippen LogP contribution in [0.2, 0.25) is 5.02 Å². The quantitative estimate of drug-likeness (QED) is 0.941. The Bertz CT molecular complexity index is 646. The standard InChI is InChI=1S/C15H18ClN3O2/c1-19-15(17)8-12(18-19)10-6-14(21-9-4-3-5-9)13(20-2)7-11(10)16/h6-9H,3-5,17H2,1-2H3. The van der Waals surface area contributed by atoms with Crippen molar-refractivity contribution in [3.8, 4) is 22.8 Å². The fourth-order valence-corrected chi connectivity index (χ4v) is 2.52. The van der Waals surface area contributed by atoms with Gasteiger partial charge in [0.25, 0.3) is 0 Å². The first kappa shape index (κ1) is 14.1. The molecule has 0 unspecified atom stereocenters. The molecule has 2 N–H and O–H groups in total. The molecule has 2 aromatic rings. The van der Waals surface area contributed by atoms with E-state index >= 15 is 0 Å². The molecule has 1 fully saturated rings. The number of ether oxygens (including phenoxy) is 2. The Labute approximate surface area is 128 Å². The number of halogens is 1. The summed E-state index contributed by atoms with van der Waals surface area (Å²) in [5.41, 5.74) is 7.35. The highest BCUT2D eigenvalue weighted by atomic mass is 35.5. The third-order valence-corrected chi connectivity index (χ3v) is 4.10. The van der Waals surface area contributed by atoms with Gasteiger partial charge in [-0.25, -0.2) is 0 Å². The molecule has 1 aliphatic carbocycles. The SMILES string of the molecule is COc1cc(Cl)c(-c2cc(N)n(C)n2)cc1OC1CCC1. The van der Waals surface area contributed by atoms with E-state index in [0.717, 1.165) is 24.1 Å². The van der Waals surface area contributed by atoms with Gasteiger partial charge in [-0.3, -0.25) is 4.68 Å². The summed E-state index contributed by atoms with van der Waals surface area (Å²) in [6, 6.07) is 5.43. The molecule has 1 heterocycles. The number of rotatable bonds is 4. The second-order valence-electron chi connectivity index (χ2n) is 5.23. The van der Waals surface area contributed by atoms with Gasteiger partial charge in [0.2, 0.25) is 0 Å². The molecule has 0 saturated heterocycles. The molecule has 0 atom stereocenters. The Hall–Kier alpha value is -1.88. The van der Waals surface area contributed by atoms with Crippen molar-refractivity contribution in [2.24, 2.45) is 7.05 Å². The maximum Gasteiger partial charge on any atom is 0.162 e. The molecular weight excluding hydrogens is 290 g/mol. The van der Waals surface area contributed by atoms with Crippen molar-refractivity contribution in [1.29, 1.82) is 0 Å². The number of aryl methyl sites for hydroxylation is 1. The first-order valence-electron chi connectivity index (χ1n) is 6.92. The largest absolute Gasteiger partial charge is 0.493 e. The summed E-state index contributed by atoms with van der Waals surface area (Å²) in [5, 5.41) is 4.92. The van der Waals surface area contributed by atoms with Crippen molar-refractivity contribution >= 4 is 17.4 Å². The highest BCUT2D eigenvalue weighted by Crippen LogP contribution is 2.40. The molecule has 21 heavy (non-hydrogen) atoms. The van der Waals surface area contributed by atoms with Gasteiger partial charge >= 0.3 is 0 Å². The van der Waals surface area contributed by atoms with Gasteiger partial charge in [-0.15, -0.1) is 0 Å². The van der Waals surface area contributed by atoms with E-state index in [2.05, 4.69) is 5.10 Å². The van der Waals surface area contributed by atoms with Crippen molar-refractivity contribution in [3.05, 3.63) is 23.2 Å². The van der Waals surface area contributed by atoms with E-state index in [4.69, 9.17) is 26.8 Å². The number of methoxy groups -OCH3 is 1. The van der Waals surface area contributed by atoms with Crippen LogP contribution < -0.4 is 15.2 Å². The Morgan fingerprint density at radius 1 is 1.29 bits per heavy atom. The van der Waals surface area contributed by atoms with Crippen molar-refractivity contribution in [2.45, 2.75) is 25.4 Å². The van der Waals surface area contributed by atoms with E-state index in [1.165, 1.54) is 6.42 Å². The van der Waals surface area contributed by atoms with E-state index in [1.54, 1.807) is 31.0 Å². The van der Waals surface area contributed by atoms with Crippen LogP contribution in [-0.2, 0) is 7.05 Å². The number of nitrogens with two attached hydrogens (primary N) is 1. The number of benzene rings is 1. The molecule has 3 rings (SSSR count). The van der Waals surface area contributed by atoms with E-state index in [-0.39, 0.29) is 6.10 Å². The lowest BCUT2D eigenvalue weighted by molar-refractivity contribution is 0.116. The molecule has 112 valence electrons. The summed E-state index contributed by atoms with van der Waals surface area (Å²) >= 11 is 6.34. The molecule has 0 bridgehead atoms. The minimum absolute atomic E-state index is 0.265. The van der Waals surface area contributed by atoms with Crippen LogP contribution in [0.15, 0.2) is 18.2 Å². The zero-order valence-corrected chi connectivity index (χ0v) is 12.9. The molecule has 1 aromatic carbocycles. The smallest absolute Gasteiger partial charge is 0.162 e. The summed E-state index contributed by atoms with van der Waals surface area (Å²) in [7, 11) is 3.40. The first-order valence-corrected chi connectivity index (χ1v) is 7.30. The third kappa shape index (κ3) is 2.65. The summed E-state index contributed by atoms with van der Waals surface area (Å²) in [5.74, 6) is 1.92. The average Bonchev–Trinajstić information content (AvgIpc) is 2.74. The van der Waals surface area contributed by atoms with Crippen LogP contribution >= 0.6 is 11.6 Å². The zero-order chi connectivity index (χ0) is 15.0. The number of anilines is 1. The molecule has 0 spiro atoms. The monoisotopic (exact) mass is 307 g/mol. The van der Waals surface area contributed by atoms with E-state index < -0.39 is 0 Å². The minimum atomic E-state index is 0.265. The fourth-order valence-electron chi connectivity index (χ4n) is 2.26. The predicted molar refractivity (Wildman–Crippen MR) is 82.9 cm³/mol. The Morgan fingerprint density at radius 2 is 2.05 bits per heavy atom. The van der Waals surface area contributed by atoms with Crippen LogP contribution in [0.3, 0.4) is 0 Å². The Balaban J connectivity index is 2.01. The summed E-state index contributed by atoms with van der Waals surface area (Å²) in [6.45, 7) is 0. The molecule has 0 aliphatic heterocycles. The van der Waals surface area contributed by atoms with Gasteiger partial charge in [0.15, 0.2) is 11.5 Å². The number of hydrogen-bond acceptors (Lipinski definition) is 4. The van der Waals surface area contributed by atoms with Gasteiger partial charge in [-0.2, -0.15) is 5.10 Å². The van der Waals surface area contributed by atoms with Crippen LogP contribution in [0.1, 0.15) is 19.3 Å². The number of nitrogen functional groups attached to an aromatic ring is 1. The second kappa shape index (κ2) is 5.48. The van der Waals surface area contributed by atoms with Crippen LogP contribution in [0.25, 0.3) is 11.3 Å². The van der Waals surface area contributed by atoms with Gasteiger partial charge in [0.1, 0.15) is 5.82 Å². The third-order valence-electron chi connectivity index (χ3n) is 3.79. The topological polar surface area (TPSA) is 62.3 Å². The van der Waals surface area contributed by atoms with Crippen molar-refractivity contribution in [2.75, 3.05) is 12.8 Å². The van der Waals surface area contributed by atoms with Crippen molar-refractivity contribution < 1.29 is 9.47 Å². The van der Waals surface area contributed by atoms with E-state index in [1.807, 2.05) is 6.07 Å². The second-order valence-corrected chi connectivity index (χ2v) is 5.64.